The van der Waals surface area contributed by atoms with E-state index >= 15 is 0 Å². The Hall–Kier alpha value is -0.160. The third kappa shape index (κ3) is 2.52. The van der Waals surface area contributed by atoms with Crippen LogP contribution in [-0.2, 0) is 0 Å². The summed E-state index contributed by atoms with van der Waals surface area (Å²) in [6, 6.07) is 0. The minimum Gasteiger partial charge on any atom is -0.630 e. The molecule has 0 saturated carbocycles. The maximum Gasteiger partial charge on any atom is 0.247 e. The molecule has 44 valence electrons. The monoisotopic (exact) mass is 106 g/mol. The van der Waals surface area contributed by atoms with E-state index in [9.17, 15) is 5.21 Å². The van der Waals surface area contributed by atoms with Crippen LogP contribution in [0.2, 0.25) is 0 Å². The second-order valence-corrected chi connectivity index (χ2v) is 1.85. The predicted molar refractivity (Wildman–Crippen MR) is 25.7 cm³/mol. The number of aliphatic hydroxyl groups is 1. The Labute approximate surface area is 42.3 Å². The normalized spacial score (nSPS) is 16.7. The molecular formula is C3H10N2O2. The van der Waals surface area contributed by atoms with Crippen LogP contribution in [0.4, 0.5) is 0 Å². The third-order valence-corrected chi connectivity index (χ3v) is 0.637. The van der Waals surface area contributed by atoms with Crippen molar-refractivity contribution in [2.45, 2.75) is 6.35 Å². The first-order valence-corrected chi connectivity index (χ1v) is 1.93. The number of rotatable bonds is 1. The lowest BCUT2D eigenvalue weighted by Crippen LogP contribution is -2.49. The van der Waals surface area contributed by atoms with E-state index in [0.29, 0.717) is 0 Å². The molecule has 0 rings (SSSR count). The van der Waals surface area contributed by atoms with Gasteiger partial charge in [-0.3, -0.25) is 5.73 Å². The topological polar surface area (TPSA) is 69.3 Å². The van der Waals surface area contributed by atoms with E-state index in [2.05, 4.69) is 0 Å². The fourth-order valence-electron chi connectivity index (χ4n) is 0. The fraction of sp³-hybridized carbons (Fsp3) is 1.00. The van der Waals surface area contributed by atoms with Gasteiger partial charge in [0.2, 0.25) is 6.35 Å². The van der Waals surface area contributed by atoms with E-state index in [0.717, 1.165) is 0 Å². The molecule has 0 saturated heterocycles. The number of nitrogens with two attached hydrogens (primary N) is 1. The summed E-state index contributed by atoms with van der Waals surface area (Å²) in [6.07, 6.45) is -1.32. The highest BCUT2D eigenvalue weighted by atomic mass is 16.6. The van der Waals surface area contributed by atoms with E-state index in [-0.39, 0.29) is 0 Å². The van der Waals surface area contributed by atoms with Gasteiger partial charge in [-0.1, -0.05) is 0 Å². The summed E-state index contributed by atoms with van der Waals surface area (Å²) in [4.78, 5) is 0. The minimum absolute atomic E-state index is 0.861. The average molecular weight is 106 g/mol. The van der Waals surface area contributed by atoms with Gasteiger partial charge < -0.3 is 15.0 Å². The Morgan fingerprint density at radius 1 is 1.71 bits per heavy atom. The van der Waals surface area contributed by atoms with Gasteiger partial charge in [0.25, 0.3) is 0 Å². The molecule has 0 aromatic heterocycles. The Balaban J connectivity index is 3.54. The zero-order chi connectivity index (χ0) is 6.08. The van der Waals surface area contributed by atoms with Gasteiger partial charge in [-0.05, 0) is 0 Å². The molecule has 0 aromatic rings. The van der Waals surface area contributed by atoms with E-state index in [1.165, 1.54) is 14.1 Å². The van der Waals surface area contributed by atoms with Crippen LogP contribution in [0.15, 0.2) is 0 Å². The van der Waals surface area contributed by atoms with Crippen LogP contribution in [-0.4, -0.2) is 30.2 Å². The van der Waals surface area contributed by atoms with E-state index in [1.54, 1.807) is 0 Å². The Morgan fingerprint density at radius 2 is 1.86 bits per heavy atom. The molecule has 0 aliphatic rings. The Morgan fingerprint density at radius 3 is 1.86 bits per heavy atom. The van der Waals surface area contributed by atoms with Crippen LogP contribution in [0.3, 0.4) is 0 Å². The van der Waals surface area contributed by atoms with Crippen molar-refractivity contribution >= 4 is 0 Å². The van der Waals surface area contributed by atoms with Crippen molar-refractivity contribution in [3.05, 3.63) is 5.21 Å². The molecular weight excluding hydrogens is 96.0 g/mol. The van der Waals surface area contributed by atoms with Gasteiger partial charge in [-0.15, -0.1) is 0 Å². The number of hydrogen-bond acceptors (Lipinski definition) is 3. The summed E-state index contributed by atoms with van der Waals surface area (Å²) in [6.45, 7) is 0. The number of aliphatic hydroxyl groups excluding tert-OH is 1. The zero-order valence-corrected chi connectivity index (χ0v) is 4.46. The van der Waals surface area contributed by atoms with E-state index in [1.807, 2.05) is 0 Å². The molecule has 1 unspecified atom stereocenters. The molecule has 3 N–H and O–H groups in total. The molecule has 1 atom stereocenters. The molecule has 0 bridgehead atoms. The van der Waals surface area contributed by atoms with Gasteiger partial charge in [-0.25, -0.2) is 0 Å². The van der Waals surface area contributed by atoms with Crippen LogP contribution in [0.25, 0.3) is 0 Å². The lowest BCUT2D eigenvalue weighted by molar-refractivity contribution is -0.890. The summed E-state index contributed by atoms with van der Waals surface area (Å²) in [5.41, 5.74) is 4.78. The zero-order valence-electron chi connectivity index (χ0n) is 4.46. The first-order valence-electron chi connectivity index (χ1n) is 1.93. The highest BCUT2D eigenvalue weighted by Gasteiger charge is 2.07. The van der Waals surface area contributed by atoms with Crippen LogP contribution in [0.1, 0.15) is 0 Å². The number of hydrogen-bond donors (Lipinski definition) is 2. The van der Waals surface area contributed by atoms with Crippen molar-refractivity contribution in [2.24, 2.45) is 5.73 Å². The smallest absolute Gasteiger partial charge is 0.247 e. The average Bonchev–Trinajstić information content (AvgIpc) is 1.31. The van der Waals surface area contributed by atoms with Gasteiger partial charge in [0, 0.05) is 0 Å². The summed E-state index contributed by atoms with van der Waals surface area (Å²) >= 11 is 0. The third-order valence-electron chi connectivity index (χ3n) is 0.637. The number of hydroxylamine groups is 3. The first kappa shape index (κ1) is 6.84. The molecule has 0 heterocycles. The van der Waals surface area contributed by atoms with Gasteiger partial charge in [-0.2, -0.15) is 0 Å². The van der Waals surface area contributed by atoms with Crippen molar-refractivity contribution in [1.29, 1.82) is 0 Å². The van der Waals surface area contributed by atoms with Crippen molar-refractivity contribution < 1.29 is 9.75 Å². The summed E-state index contributed by atoms with van der Waals surface area (Å²) in [7, 11) is 2.54. The second-order valence-electron chi connectivity index (χ2n) is 1.85. The molecule has 4 heteroatoms. The standard InChI is InChI=1S/C3H10N2O2/c1-5(2,7)3(4)6/h3,6H,4H2,1-2H3. The molecule has 0 aliphatic heterocycles. The Bertz CT molecular complexity index is 56.4. The van der Waals surface area contributed by atoms with E-state index in [4.69, 9.17) is 10.8 Å². The number of quaternary nitrogens is 1. The number of nitrogens with zero attached hydrogens (tertiary/aromatic N) is 1. The van der Waals surface area contributed by atoms with Crippen molar-refractivity contribution in [1.82, 2.24) is 0 Å². The summed E-state index contributed by atoms with van der Waals surface area (Å²) in [5.74, 6) is 0. The van der Waals surface area contributed by atoms with Gasteiger partial charge >= 0.3 is 0 Å². The SMILES string of the molecule is C[N+](C)([O-])C(N)O. The van der Waals surface area contributed by atoms with Crippen LogP contribution in [0, 0.1) is 5.21 Å². The highest BCUT2D eigenvalue weighted by Crippen LogP contribution is 1.91. The molecule has 0 spiro atoms. The minimum atomic E-state index is -1.32. The lowest BCUT2D eigenvalue weighted by atomic mass is 10.8. The van der Waals surface area contributed by atoms with Crippen LogP contribution >= 0.6 is 0 Å². The molecule has 4 nitrogen and oxygen atoms in total. The molecule has 0 fully saturated rings. The van der Waals surface area contributed by atoms with Crippen molar-refractivity contribution in [3.8, 4) is 0 Å². The predicted octanol–water partition coefficient (Wildman–Crippen LogP) is -1.20. The van der Waals surface area contributed by atoms with Gasteiger partial charge in [0.05, 0.1) is 14.1 Å². The Kier molecular flexibility index (Phi) is 1.71. The van der Waals surface area contributed by atoms with Crippen LogP contribution in [0.5, 0.6) is 0 Å². The largest absolute Gasteiger partial charge is 0.630 e. The second kappa shape index (κ2) is 1.75. The molecule has 0 aromatic carbocycles. The lowest BCUT2D eigenvalue weighted by Gasteiger charge is -2.35. The molecule has 7 heavy (non-hydrogen) atoms. The van der Waals surface area contributed by atoms with Crippen LogP contribution < -0.4 is 5.73 Å². The highest BCUT2D eigenvalue weighted by molar-refractivity contribution is 4.23. The van der Waals surface area contributed by atoms with Gasteiger partial charge in [0.15, 0.2) is 0 Å². The summed E-state index contributed by atoms with van der Waals surface area (Å²) < 4.78 is -0.861. The molecule has 0 amide bonds. The quantitative estimate of drug-likeness (QED) is 0.250. The maximum atomic E-state index is 10.4. The molecule has 0 radical (unpaired) electrons. The van der Waals surface area contributed by atoms with Gasteiger partial charge in [0.1, 0.15) is 0 Å². The van der Waals surface area contributed by atoms with E-state index < -0.39 is 11.0 Å². The maximum absolute atomic E-state index is 10.4. The summed E-state index contributed by atoms with van der Waals surface area (Å²) in [5, 5.41) is 18.7. The van der Waals surface area contributed by atoms with Crippen molar-refractivity contribution in [3.63, 3.8) is 0 Å². The molecule has 0 aliphatic carbocycles. The van der Waals surface area contributed by atoms with Crippen molar-refractivity contribution in [2.75, 3.05) is 14.1 Å². The first-order chi connectivity index (χ1) is 2.94. The fourth-order valence-corrected chi connectivity index (χ4v) is 0.